The zero-order valence-electron chi connectivity index (χ0n) is 12.2. The molecule has 0 atom stereocenters. The maximum absolute atomic E-state index is 14.0. The normalized spacial score (nSPS) is 10.1. The standard InChI is InChI=1S/C19H13FN2O/c20-18-10-15(11-21)6-8-17(18)16-7-9-19(22-12-16)23-13-14-4-2-1-3-5-14/h1-10,12H,13H2. The fourth-order valence-corrected chi connectivity index (χ4v) is 2.18. The van der Waals surface area contributed by atoms with Crippen molar-refractivity contribution >= 4 is 0 Å². The number of ether oxygens (including phenoxy) is 1. The number of nitrogens with zero attached hydrogens (tertiary/aromatic N) is 2. The van der Waals surface area contributed by atoms with Gasteiger partial charge in [0.15, 0.2) is 0 Å². The van der Waals surface area contributed by atoms with E-state index < -0.39 is 5.82 Å². The average Bonchev–Trinajstić information content (AvgIpc) is 2.61. The number of aromatic nitrogens is 1. The van der Waals surface area contributed by atoms with E-state index >= 15 is 0 Å². The minimum atomic E-state index is -0.441. The number of hydrogen-bond acceptors (Lipinski definition) is 3. The van der Waals surface area contributed by atoms with Gasteiger partial charge in [0.2, 0.25) is 5.88 Å². The zero-order valence-corrected chi connectivity index (χ0v) is 12.2. The monoisotopic (exact) mass is 304 g/mol. The largest absolute Gasteiger partial charge is 0.473 e. The summed E-state index contributed by atoms with van der Waals surface area (Å²) in [6.07, 6.45) is 1.56. The van der Waals surface area contributed by atoms with Crippen LogP contribution in [0.15, 0.2) is 66.9 Å². The Balaban J connectivity index is 1.73. The van der Waals surface area contributed by atoms with E-state index in [2.05, 4.69) is 4.98 Å². The van der Waals surface area contributed by atoms with Crippen LogP contribution in [-0.4, -0.2) is 4.98 Å². The highest BCUT2D eigenvalue weighted by molar-refractivity contribution is 5.64. The van der Waals surface area contributed by atoms with Crippen molar-refractivity contribution in [2.24, 2.45) is 0 Å². The third kappa shape index (κ3) is 3.53. The molecule has 3 rings (SSSR count). The first kappa shape index (κ1) is 14.7. The number of hydrogen-bond donors (Lipinski definition) is 0. The third-order valence-corrected chi connectivity index (χ3v) is 3.38. The van der Waals surface area contributed by atoms with Crippen molar-refractivity contribution in [2.75, 3.05) is 0 Å². The van der Waals surface area contributed by atoms with Crippen LogP contribution in [0.25, 0.3) is 11.1 Å². The van der Waals surface area contributed by atoms with E-state index in [0.29, 0.717) is 29.2 Å². The zero-order chi connectivity index (χ0) is 16.1. The van der Waals surface area contributed by atoms with Crippen molar-refractivity contribution in [2.45, 2.75) is 6.61 Å². The lowest BCUT2D eigenvalue weighted by Gasteiger charge is -2.07. The molecule has 23 heavy (non-hydrogen) atoms. The summed E-state index contributed by atoms with van der Waals surface area (Å²) in [5, 5.41) is 8.77. The molecular weight excluding hydrogens is 291 g/mol. The Kier molecular flexibility index (Phi) is 4.30. The smallest absolute Gasteiger partial charge is 0.213 e. The summed E-state index contributed by atoms with van der Waals surface area (Å²) >= 11 is 0. The van der Waals surface area contributed by atoms with E-state index in [4.69, 9.17) is 10.00 Å². The molecule has 1 heterocycles. The molecule has 0 aliphatic heterocycles. The van der Waals surface area contributed by atoms with E-state index in [0.717, 1.165) is 5.56 Å². The first-order valence-electron chi connectivity index (χ1n) is 7.09. The van der Waals surface area contributed by atoms with Crippen molar-refractivity contribution in [1.82, 2.24) is 4.98 Å². The fraction of sp³-hybridized carbons (Fsp3) is 0.0526. The molecule has 0 saturated carbocycles. The van der Waals surface area contributed by atoms with E-state index in [9.17, 15) is 4.39 Å². The minimum Gasteiger partial charge on any atom is -0.473 e. The molecule has 0 aliphatic rings. The van der Waals surface area contributed by atoms with Crippen LogP contribution in [-0.2, 0) is 6.61 Å². The quantitative estimate of drug-likeness (QED) is 0.720. The number of nitriles is 1. The van der Waals surface area contributed by atoms with Crippen LogP contribution in [0, 0.1) is 17.1 Å². The molecular formula is C19H13FN2O. The van der Waals surface area contributed by atoms with Crippen LogP contribution in [0.2, 0.25) is 0 Å². The van der Waals surface area contributed by atoms with Crippen molar-refractivity contribution < 1.29 is 9.13 Å². The topological polar surface area (TPSA) is 45.9 Å². The van der Waals surface area contributed by atoms with E-state index in [1.165, 1.54) is 6.07 Å². The number of rotatable bonds is 4. The van der Waals surface area contributed by atoms with Crippen molar-refractivity contribution in [3.63, 3.8) is 0 Å². The second-order valence-corrected chi connectivity index (χ2v) is 4.97. The Morgan fingerprint density at radius 1 is 1.04 bits per heavy atom. The summed E-state index contributed by atoms with van der Waals surface area (Å²) < 4.78 is 19.6. The van der Waals surface area contributed by atoms with Gasteiger partial charge in [0, 0.05) is 23.4 Å². The molecule has 0 unspecified atom stereocenters. The molecule has 0 fully saturated rings. The Hall–Kier alpha value is -3.19. The lowest BCUT2D eigenvalue weighted by Crippen LogP contribution is -1.97. The summed E-state index contributed by atoms with van der Waals surface area (Å²) in [7, 11) is 0. The predicted octanol–water partition coefficient (Wildman–Crippen LogP) is 4.34. The number of pyridine rings is 1. The predicted molar refractivity (Wildman–Crippen MR) is 85.1 cm³/mol. The molecule has 3 aromatic rings. The molecule has 0 N–H and O–H groups in total. The van der Waals surface area contributed by atoms with Crippen LogP contribution in [0.3, 0.4) is 0 Å². The molecule has 0 bridgehead atoms. The molecule has 0 radical (unpaired) electrons. The van der Waals surface area contributed by atoms with Gasteiger partial charge in [-0.25, -0.2) is 9.37 Å². The molecule has 2 aromatic carbocycles. The highest BCUT2D eigenvalue weighted by Crippen LogP contribution is 2.24. The van der Waals surface area contributed by atoms with Gasteiger partial charge < -0.3 is 4.74 Å². The SMILES string of the molecule is N#Cc1ccc(-c2ccc(OCc3ccccc3)nc2)c(F)c1. The molecule has 1 aromatic heterocycles. The second kappa shape index (κ2) is 6.71. The first-order chi connectivity index (χ1) is 11.3. The van der Waals surface area contributed by atoms with Crippen LogP contribution in [0.1, 0.15) is 11.1 Å². The maximum Gasteiger partial charge on any atom is 0.213 e. The Morgan fingerprint density at radius 2 is 1.87 bits per heavy atom. The number of benzene rings is 2. The summed E-state index contributed by atoms with van der Waals surface area (Å²) in [6.45, 7) is 0.429. The van der Waals surface area contributed by atoms with Gasteiger partial charge in [-0.1, -0.05) is 36.4 Å². The average molecular weight is 304 g/mol. The van der Waals surface area contributed by atoms with Crippen LogP contribution < -0.4 is 4.74 Å². The lowest BCUT2D eigenvalue weighted by molar-refractivity contribution is 0.294. The summed E-state index contributed by atoms with van der Waals surface area (Å²) in [6, 6.07) is 19.5. The Labute approximate surface area is 133 Å². The van der Waals surface area contributed by atoms with Gasteiger partial charge in [0.05, 0.1) is 11.6 Å². The molecule has 4 heteroatoms. The molecule has 3 nitrogen and oxygen atoms in total. The highest BCUT2D eigenvalue weighted by atomic mass is 19.1. The molecule has 0 aliphatic carbocycles. The highest BCUT2D eigenvalue weighted by Gasteiger charge is 2.07. The second-order valence-electron chi connectivity index (χ2n) is 4.97. The lowest BCUT2D eigenvalue weighted by atomic mass is 10.1. The summed E-state index contributed by atoms with van der Waals surface area (Å²) in [4.78, 5) is 4.20. The Bertz CT molecular complexity index is 839. The number of halogens is 1. The fourth-order valence-electron chi connectivity index (χ4n) is 2.18. The van der Waals surface area contributed by atoms with Gasteiger partial charge >= 0.3 is 0 Å². The van der Waals surface area contributed by atoms with Gasteiger partial charge in [-0.05, 0) is 23.8 Å². The van der Waals surface area contributed by atoms with Crippen LogP contribution >= 0.6 is 0 Å². The van der Waals surface area contributed by atoms with Gasteiger partial charge in [-0.15, -0.1) is 0 Å². The molecule has 0 spiro atoms. The van der Waals surface area contributed by atoms with E-state index in [1.54, 1.807) is 30.5 Å². The van der Waals surface area contributed by atoms with Gasteiger partial charge in [0.1, 0.15) is 12.4 Å². The van der Waals surface area contributed by atoms with Crippen molar-refractivity contribution in [3.8, 4) is 23.1 Å². The molecule has 0 saturated heterocycles. The third-order valence-electron chi connectivity index (χ3n) is 3.38. The molecule has 0 amide bonds. The van der Waals surface area contributed by atoms with Crippen molar-refractivity contribution in [3.05, 3.63) is 83.8 Å². The summed E-state index contributed by atoms with van der Waals surface area (Å²) in [5.74, 6) is 0.0375. The Morgan fingerprint density at radius 3 is 2.52 bits per heavy atom. The van der Waals surface area contributed by atoms with Crippen LogP contribution in [0.5, 0.6) is 5.88 Å². The minimum absolute atomic E-state index is 0.294. The first-order valence-corrected chi connectivity index (χ1v) is 7.09. The van der Waals surface area contributed by atoms with Crippen LogP contribution in [0.4, 0.5) is 4.39 Å². The van der Waals surface area contributed by atoms with Gasteiger partial charge in [-0.3, -0.25) is 0 Å². The van der Waals surface area contributed by atoms with E-state index in [-0.39, 0.29) is 0 Å². The summed E-state index contributed by atoms with van der Waals surface area (Å²) in [5.41, 5.74) is 2.39. The maximum atomic E-state index is 14.0. The van der Waals surface area contributed by atoms with Gasteiger partial charge in [0.25, 0.3) is 0 Å². The van der Waals surface area contributed by atoms with E-state index in [1.807, 2.05) is 36.4 Å². The molecule has 112 valence electrons. The van der Waals surface area contributed by atoms with Gasteiger partial charge in [-0.2, -0.15) is 5.26 Å². The van der Waals surface area contributed by atoms with Crippen molar-refractivity contribution in [1.29, 1.82) is 5.26 Å².